The molecule has 1 amide bonds. The molecule has 18 heavy (non-hydrogen) atoms. The lowest BCUT2D eigenvalue weighted by atomic mass is 10.1. The highest BCUT2D eigenvalue weighted by Gasteiger charge is 2.42. The molecule has 2 fully saturated rings. The number of amides is 1. The van der Waals surface area contributed by atoms with Crippen molar-refractivity contribution in [3.05, 3.63) is 33.7 Å². The zero-order valence-electron chi connectivity index (χ0n) is 10.5. The smallest absolute Gasteiger partial charge is 0.256 e. The van der Waals surface area contributed by atoms with Crippen molar-refractivity contribution in [2.24, 2.45) is 11.8 Å². The highest BCUT2D eigenvalue weighted by atomic mass is 16.2. The average molecular weight is 246 g/mol. The zero-order chi connectivity index (χ0) is 12.7. The van der Waals surface area contributed by atoms with E-state index in [1.54, 1.807) is 6.92 Å². The number of rotatable bonds is 4. The van der Waals surface area contributed by atoms with Gasteiger partial charge in [-0.15, -0.1) is 0 Å². The summed E-state index contributed by atoms with van der Waals surface area (Å²) in [5.74, 6) is 1.07. The summed E-state index contributed by atoms with van der Waals surface area (Å²) in [7, 11) is 0. The van der Waals surface area contributed by atoms with Gasteiger partial charge in [-0.2, -0.15) is 0 Å². The third-order valence-corrected chi connectivity index (χ3v) is 3.86. The van der Waals surface area contributed by atoms with Gasteiger partial charge in [0.05, 0.1) is 0 Å². The predicted molar refractivity (Wildman–Crippen MR) is 68.5 cm³/mol. The zero-order valence-corrected chi connectivity index (χ0v) is 10.5. The van der Waals surface area contributed by atoms with Gasteiger partial charge in [0, 0.05) is 24.0 Å². The summed E-state index contributed by atoms with van der Waals surface area (Å²) in [5, 5.41) is 3.06. The molecule has 2 saturated carbocycles. The summed E-state index contributed by atoms with van der Waals surface area (Å²) in [4.78, 5) is 26.8. The molecular weight excluding hydrogens is 228 g/mol. The Bertz CT molecular complexity index is 515. The number of carbonyl (C=O) groups is 1. The Kier molecular flexibility index (Phi) is 2.73. The van der Waals surface area contributed by atoms with Crippen LogP contribution in [-0.2, 0) is 0 Å². The molecule has 2 aliphatic rings. The normalized spacial score (nSPS) is 19.0. The van der Waals surface area contributed by atoms with E-state index in [1.807, 2.05) is 0 Å². The van der Waals surface area contributed by atoms with Gasteiger partial charge in [-0.05, 0) is 44.4 Å². The van der Waals surface area contributed by atoms with Crippen LogP contribution in [0.5, 0.6) is 0 Å². The number of carbonyl (C=O) groups excluding carboxylic acids is 1. The van der Waals surface area contributed by atoms with Gasteiger partial charge in [-0.1, -0.05) is 0 Å². The van der Waals surface area contributed by atoms with Crippen LogP contribution < -0.4 is 10.7 Å². The van der Waals surface area contributed by atoms with E-state index in [9.17, 15) is 9.59 Å². The average Bonchev–Trinajstić information content (AvgIpc) is 3.17. The number of pyridine rings is 1. The first-order chi connectivity index (χ1) is 8.65. The first kappa shape index (κ1) is 11.5. The van der Waals surface area contributed by atoms with E-state index in [1.165, 1.54) is 37.9 Å². The number of H-pyrrole nitrogens is 1. The molecule has 0 aliphatic heterocycles. The van der Waals surface area contributed by atoms with Gasteiger partial charge in [0.25, 0.3) is 5.91 Å². The topological polar surface area (TPSA) is 62.0 Å². The summed E-state index contributed by atoms with van der Waals surface area (Å²) < 4.78 is 0. The van der Waals surface area contributed by atoms with Crippen LogP contribution in [0.3, 0.4) is 0 Å². The third-order valence-electron chi connectivity index (χ3n) is 3.86. The van der Waals surface area contributed by atoms with Gasteiger partial charge in [0.2, 0.25) is 0 Å². The number of hydrogen-bond donors (Lipinski definition) is 2. The Morgan fingerprint density at radius 1 is 1.33 bits per heavy atom. The van der Waals surface area contributed by atoms with Crippen molar-refractivity contribution in [2.45, 2.75) is 38.6 Å². The quantitative estimate of drug-likeness (QED) is 0.847. The Labute approximate surface area is 106 Å². The molecule has 0 bridgehead atoms. The van der Waals surface area contributed by atoms with Gasteiger partial charge >= 0.3 is 0 Å². The monoisotopic (exact) mass is 246 g/mol. The lowest BCUT2D eigenvalue weighted by Gasteiger charge is -2.17. The SMILES string of the molecule is Cc1cc(=O)c(C(=O)NC(C2CC2)C2CC2)c[nH]1. The van der Waals surface area contributed by atoms with Crippen LogP contribution in [0.15, 0.2) is 17.1 Å². The van der Waals surface area contributed by atoms with Crippen molar-refractivity contribution in [1.29, 1.82) is 0 Å². The summed E-state index contributed by atoms with van der Waals surface area (Å²) in [6, 6.07) is 1.76. The number of aryl methyl sites for hydroxylation is 1. The van der Waals surface area contributed by atoms with Crippen molar-refractivity contribution in [1.82, 2.24) is 10.3 Å². The second-order valence-electron chi connectivity index (χ2n) is 5.57. The van der Waals surface area contributed by atoms with E-state index in [0.717, 1.165) is 5.69 Å². The van der Waals surface area contributed by atoms with Crippen molar-refractivity contribution >= 4 is 5.91 Å². The van der Waals surface area contributed by atoms with E-state index in [-0.39, 0.29) is 16.9 Å². The maximum atomic E-state index is 12.1. The molecule has 0 saturated heterocycles. The third kappa shape index (κ3) is 2.33. The molecule has 1 heterocycles. The first-order valence-electron chi connectivity index (χ1n) is 6.65. The molecule has 0 aromatic carbocycles. The van der Waals surface area contributed by atoms with Crippen LogP contribution in [0.25, 0.3) is 0 Å². The minimum Gasteiger partial charge on any atom is -0.364 e. The van der Waals surface area contributed by atoms with Crippen LogP contribution in [0.4, 0.5) is 0 Å². The molecule has 1 aromatic rings. The molecule has 2 aliphatic carbocycles. The molecule has 0 radical (unpaired) electrons. The van der Waals surface area contributed by atoms with E-state index in [2.05, 4.69) is 10.3 Å². The number of nitrogens with one attached hydrogen (secondary N) is 2. The van der Waals surface area contributed by atoms with Gasteiger partial charge in [-0.25, -0.2) is 0 Å². The molecule has 0 atom stereocenters. The van der Waals surface area contributed by atoms with Crippen molar-refractivity contribution in [2.75, 3.05) is 0 Å². The highest BCUT2D eigenvalue weighted by molar-refractivity contribution is 5.94. The van der Waals surface area contributed by atoms with Crippen LogP contribution >= 0.6 is 0 Å². The van der Waals surface area contributed by atoms with Gasteiger partial charge in [0.15, 0.2) is 5.43 Å². The molecule has 0 unspecified atom stereocenters. The second-order valence-corrected chi connectivity index (χ2v) is 5.57. The van der Waals surface area contributed by atoms with E-state index >= 15 is 0 Å². The standard InChI is InChI=1S/C14H18N2O2/c1-8-6-12(17)11(7-15-8)14(18)16-13(9-2-3-9)10-4-5-10/h6-7,9-10,13H,2-5H2,1H3,(H,15,17)(H,16,18). The molecule has 3 rings (SSSR count). The summed E-state index contributed by atoms with van der Waals surface area (Å²) in [6.07, 6.45) is 6.37. The second kappa shape index (κ2) is 4.26. The Morgan fingerprint density at radius 2 is 1.94 bits per heavy atom. The summed E-state index contributed by atoms with van der Waals surface area (Å²) in [6.45, 7) is 1.81. The van der Waals surface area contributed by atoms with Crippen molar-refractivity contribution in [3.63, 3.8) is 0 Å². The maximum absolute atomic E-state index is 12.1. The lowest BCUT2D eigenvalue weighted by Crippen LogP contribution is -2.40. The van der Waals surface area contributed by atoms with Gasteiger partial charge in [-0.3, -0.25) is 9.59 Å². The Hall–Kier alpha value is -1.58. The molecule has 4 heteroatoms. The predicted octanol–water partition coefficient (Wildman–Crippen LogP) is 1.60. The fourth-order valence-electron chi connectivity index (χ4n) is 2.51. The summed E-state index contributed by atoms with van der Waals surface area (Å²) >= 11 is 0. The van der Waals surface area contributed by atoms with Crippen LogP contribution in [0.1, 0.15) is 41.7 Å². The largest absolute Gasteiger partial charge is 0.364 e. The van der Waals surface area contributed by atoms with Crippen molar-refractivity contribution < 1.29 is 4.79 Å². The minimum atomic E-state index is -0.222. The molecule has 96 valence electrons. The summed E-state index contributed by atoms with van der Waals surface area (Å²) in [5.41, 5.74) is 0.804. The fraction of sp³-hybridized carbons (Fsp3) is 0.571. The molecule has 2 N–H and O–H groups in total. The number of hydrogen-bond acceptors (Lipinski definition) is 2. The van der Waals surface area contributed by atoms with E-state index in [0.29, 0.717) is 17.9 Å². The maximum Gasteiger partial charge on any atom is 0.256 e. The highest BCUT2D eigenvalue weighted by Crippen LogP contribution is 2.44. The van der Waals surface area contributed by atoms with Crippen LogP contribution in [0, 0.1) is 18.8 Å². The lowest BCUT2D eigenvalue weighted by molar-refractivity contribution is 0.0925. The van der Waals surface area contributed by atoms with Gasteiger partial charge < -0.3 is 10.3 Å². The molecule has 0 spiro atoms. The van der Waals surface area contributed by atoms with Crippen LogP contribution in [-0.4, -0.2) is 16.9 Å². The van der Waals surface area contributed by atoms with Crippen molar-refractivity contribution in [3.8, 4) is 0 Å². The van der Waals surface area contributed by atoms with E-state index < -0.39 is 0 Å². The van der Waals surface area contributed by atoms with Gasteiger partial charge in [0.1, 0.15) is 5.56 Å². The minimum absolute atomic E-state index is 0.200. The fourth-order valence-corrected chi connectivity index (χ4v) is 2.51. The number of aromatic amines is 1. The first-order valence-corrected chi connectivity index (χ1v) is 6.65. The van der Waals surface area contributed by atoms with Crippen LogP contribution in [0.2, 0.25) is 0 Å². The van der Waals surface area contributed by atoms with E-state index in [4.69, 9.17) is 0 Å². The molecule has 1 aromatic heterocycles. The molecular formula is C14H18N2O2. The number of aromatic nitrogens is 1. The Morgan fingerprint density at radius 3 is 2.44 bits per heavy atom. The Balaban J connectivity index is 1.75. The molecule has 4 nitrogen and oxygen atoms in total.